The molecular formula is C39H64O10. The molecule has 0 atom stereocenters. The van der Waals surface area contributed by atoms with E-state index in [-0.39, 0.29) is 24.8 Å². The fourth-order valence-electron chi connectivity index (χ4n) is 3.23. The van der Waals surface area contributed by atoms with Gasteiger partial charge < -0.3 is 19.3 Å². The summed E-state index contributed by atoms with van der Waals surface area (Å²) in [5, 5.41) is 19.9. The summed E-state index contributed by atoms with van der Waals surface area (Å²) in [6.45, 7) is 27.0. The molecule has 0 saturated carbocycles. The Hall–Kier alpha value is -4.02. The third-order valence-corrected chi connectivity index (χ3v) is 6.16. The van der Waals surface area contributed by atoms with Crippen LogP contribution in [0.1, 0.15) is 124 Å². The van der Waals surface area contributed by atoms with E-state index < -0.39 is 17.9 Å². The van der Waals surface area contributed by atoms with Gasteiger partial charge in [-0.2, -0.15) is 0 Å². The molecule has 0 aromatic heterocycles. The number of esters is 3. The maximum absolute atomic E-state index is 11.1. The SMILES string of the molecule is C=C(C)C(=O)O.C=C(C)C(=O)OCCCCCCCCCCCC.C=C(C)C(=O)OCCOC(=O)C(=C)C.CC(C)c1ccccc1.OO. The average Bonchev–Trinajstić information content (AvgIpc) is 3.07. The average molecular weight is 693 g/mol. The molecule has 10 nitrogen and oxygen atoms in total. The number of carboxylic acids is 1. The number of rotatable bonds is 19. The molecule has 3 N–H and O–H groups in total. The summed E-state index contributed by atoms with van der Waals surface area (Å²) in [4.78, 5) is 42.4. The maximum Gasteiger partial charge on any atom is 0.333 e. The van der Waals surface area contributed by atoms with Crippen molar-refractivity contribution in [2.45, 2.75) is 119 Å². The van der Waals surface area contributed by atoms with Crippen molar-refractivity contribution in [2.75, 3.05) is 19.8 Å². The minimum atomic E-state index is -0.935. The monoisotopic (exact) mass is 692 g/mol. The van der Waals surface area contributed by atoms with Crippen LogP contribution < -0.4 is 0 Å². The van der Waals surface area contributed by atoms with Crippen LogP contribution in [0, 0.1) is 0 Å². The van der Waals surface area contributed by atoms with Crippen LogP contribution in [-0.4, -0.2) is 59.3 Å². The van der Waals surface area contributed by atoms with Gasteiger partial charge in [-0.15, -0.1) is 0 Å². The minimum absolute atomic E-state index is 0.0325. The molecule has 0 heterocycles. The number of benzene rings is 1. The summed E-state index contributed by atoms with van der Waals surface area (Å²) in [7, 11) is 0. The zero-order valence-electron chi connectivity index (χ0n) is 31.2. The van der Waals surface area contributed by atoms with Gasteiger partial charge in [0.2, 0.25) is 0 Å². The van der Waals surface area contributed by atoms with Gasteiger partial charge >= 0.3 is 23.9 Å². The van der Waals surface area contributed by atoms with Gasteiger partial charge in [0, 0.05) is 22.3 Å². The fraction of sp³-hybridized carbons (Fsp3) is 0.538. The molecule has 0 aliphatic heterocycles. The van der Waals surface area contributed by atoms with E-state index in [0.717, 1.165) is 6.42 Å². The van der Waals surface area contributed by atoms with Crippen LogP contribution >= 0.6 is 0 Å². The third kappa shape index (κ3) is 40.1. The van der Waals surface area contributed by atoms with Crippen molar-refractivity contribution in [1.29, 1.82) is 0 Å². The number of unbranched alkanes of at least 4 members (excludes halogenated alkanes) is 9. The van der Waals surface area contributed by atoms with Crippen LogP contribution in [0.3, 0.4) is 0 Å². The summed E-state index contributed by atoms with van der Waals surface area (Å²) < 4.78 is 14.4. The number of carbonyl (C=O) groups is 4. The molecular weight excluding hydrogens is 628 g/mol. The first kappa shape index (κ1) is 51.8. The van der Waals surface area contributed by atoms with Crippen LogP contribution in [0.5, 0.6) is 0 Å². The molecule has 280 valence electrons. The fourth-order valence-corrected chi connectivity index (χ4v) is 3.23. The molecule has 0 unspecified atom stereocenters. The molecule has 10 heteroatoms. The highest BCUT2D eigenvalue weighted by Crippen LogP contribution is 2.12. The first-order chi connectivity index (χ1) is 23.1. The molecule has 1 rings (SSSR count). The quantitative estimate of drug-likeness (QED) is 0.0318. The van der Waals surface area contributed by atoms with E-state index in [1.165, 1.54) is 70.3 Å². The van der Waals surface area contributed by atoms with Gasteiger partial charge in [0.05, 0.1) is 6.61 Å². The smallest absolute Gasteiger partial charge is 0.333 e. The van der Waals surface area contributed by atoms with Crippen molar-refractivity contribution < 1.29 is 49.0 Å². The zero-order chi connectivity index (χ0) is 38.6. The second kappa shape index (κ2) is 36.8. The van der Waals surface area contributed by atoms with Crippen LogP contribution in [0.25, 0.3) is 0 Å². The Morgan fingerprint density at radius 1 is 0.571 bits per heavy atom. The van der Waals surface area contributed by atoms with Gasteiger partial charge in [-0.3, -0.25) is 10.5 Å². The molecule has 0 saturated heterocycles. The van der Waals surface area contributed by atoms with E-state index in [9.17, 15) is 19.2 Å². The summed E-state index contributed by atoms with van der Waals surface area (Å²) in [6.07, 6.45) is 13.0. The van der Waals surface area contributed by atoms with Crippen LogP contribution in [0.2, 0.25) is 0 Å². The molecule has 1 aromatic rings. The molecule has 0 bridgehead atoms. The second-order valence-corrected chi connectivity index (χ2v) is 11.6. The van der Waals surface area contributed by atoms with Gasteiger partial charge in [-0.25, -0.2) is 19.2 Å². The molecule has 0 amide bonds. The van der Waals surface area contributed by atoms with E-state index >= 15 is 0 Å². The van der Waals surface area contributed by atoms with E-state index in [1.807, 2.05) is 6.07 Å². The topological polar surface area (TPSA) is 157 Å². The van der Waals surface area contributed by atoms with E-state index in [2.05, 4.69) is 80.8 Å². The first-order valence-corrected chi connectivity index (χ1v) is 16.7. The predicted octanol–water partition coefficient (Wildman–Crippen LogP) is 9.73. The normalized spacial score (nSPS) is 9.27. The van der Waals surface area contributed by atoms with Gasteiger partial charge in [-0.05, 0) is 45.6 Å². The van der Waals surface area contributed by atoms with Crippen LogP contribution in [0.4, 0.5) is 0 Å². The Bertz CT molecular complexity index is 1030. The number of hydrogen-bond acceptors (Lipinski definition) is 9. The molecule has 49 heavy (non-hydrogen) atoms. The Balaban J connectivity index is -0.000000289. The number of ether oxygens (including phenoxy) is 3. The number of carboxylic acid groups (broad SMARTS) is 1. The lowest BCUT2D eigenvalue weighted by molar-refractivity contribution is -0.176. The highest BCUT2D eigenvalue weighted by atomic mass is 17.0. The van der Waals surface area contributed by atoms with E-state index in [4.69, 9.17) is 20.4 Å². The van der Waals surface area contributed by atoms with Gasteiger partial charge in [-0.1, -0.05) is 135 Å². The van der Waals surface area contributed by atoms with Crippen molar-refractivity contribution in [3.63, 3.8) is 0 Å². The Labute approximate surface area is 295 Å². The van der Waals surface area contributed by atoms with Crippen molar-refractivity contribution in [3.05, 3.63) is 84.5 Å². The lowest BCUT2D eigenvalue weighted by Gasteiger charge is -2.05. The lowest BCUT2D eigenvalue weighted by Crippen LogP contribution is -2.14. The van der Waals surface area contributed by atoms with Crippen molar-refractivity contribution in [1.82, 2.24) is 0 Å². The summed E-state index contributed by atoms with van der Waals surface area (Å²) in [5.41, 5.74) is 2.71. The standard InChI is InChI=1S/C16H30O2.C10H14O4.C9H12.C4H6O2.H2O2/c1-4-5-6-7-8-9-10-11-12-13-14-18-16(17)15(2)3;1-7(2)9(11)13-5-6-14-10(12)8(3)4;1-8(2)9-6-4-3-5-7-9;1-3(2)4(5)6;1-2/h2,4-14H2,1,3H3;1,3,5-6H2,2,4H3;3-8H,1-2H3;1H2,2H3,(H,5,6);1-2H. The number of hydrogen-bond donors (Lipinski definition) is 3. The molecule has 0 fully saturated rings. The maximum atomic E-state index is 11.1. The van der Waals surface area contributed by atoms with Crippen molar-refractivity contribution in [2.24, 2.45) is 0 Å². The van der Waals surface area contributed by atoms with E-state index in [0.29, 0.717) is 29.2 Å². The molecule has 0 radical (unpaired) electrons. The predicted molar refractivity (Wildman–Crippen MR) is 197 cm³/mol. The third-order valence-electron chi connectivity index (χ3n) is 6.16. The molecule has 0 aliphatic rings. The van der Waals surface area contributed by atoms with Gasteiger partial charge in [0.15, 0.2) is 0 Å². The first-order valence-electron chi connectivity index (χ1n) is 16.7. The van der Waals surface area contributed by atoms with Crippen LogP contribution in [0.15, 0.2) is 78.9 Å². The van der Waals surface area contributed by atoms with Crippen molar-refractivity contribution in [3.8, 4) is 0 Å². The zero-order valence-corrected chi connectivity index (χ0v) is 31.2. The highest BCUT2D eigenvalue weighted by Gasteiger charge is 2.05. The van der Waals surface area contributed by atoms with E-state index in [1.54, 1.807) is 20.8 Å². The largest absolute Gasteiger partial charge is 0.478 e. The van der Waals surface area contributed by atoms with Gasteiger partial charge in [0.1, 0.15) is 13.2 Å². The van der Waals surface area contributed by atoms with Crippen LogP contribution in [-0.2, 0) is 33.4 Å². The Morgan fingerprint density at radius 2 is 0.878 bits per heavy atom. The van der Waals surface area contributed by atoms with Gasteiger partial charge in [0.25, 0.3) is 0 Å². The minimum Gasteiger partial charge on any atom is -0.478 e. The molecule has 1 aromatic carbocycles. The Morgan fingerprint density at radius 3 is 1.14 bits per heavy atom. The van der Waals surface area contributed by atoms with Crippen molar-refractivity contribution >= 4 is 23.9 Å². The molecule has 0 spiro atoms. The second-order valence-electron chi connectivity index (χ2n) is 11.6. The summed E-state index contributed by atoms with van der Waals surface area (Å²) >= 11 is 0. The summed E-state index contributed by atoms with van der Waals surface area (Å²) in [6, 6.07) is 10.5. The summed E-state index contributed by atoms with van der Waals surface area (Å²) in [5.74, 6) is -1.51. The number of carbonyl (C=O) groups excluding carboxylic acids is 3. The highest BCUT2D eigenvalue weighted by molar-refractivity contribution is 5.88. The lowest BCUT2D eigenvalue weighted by atomic mass is 10.0. The Kier molecular flexibility index (Phi) is 38.9. The molecule has 0 aliphatic carbocycles. The number of aliphatic carboxylic acids is 1.